The quantitative estimate of drug-likeness (QED) is 0.715. The Bertz CT molecular complexity index is 663. The van der Waals surface area contributed by atoms with Crippen LogP contribution in [-0.2, 0) is 21.4 Å². The van der Waals surface area contributed by atoms with Crippen molar-refractivity contribution in [2.75, 3.05) is 20.6 Å². The minimum absolute atomic E-state index is 0. The second kappa shape index (κ2) is 8.83. The summed E-state index contributed by atoms with van der Waals surface area (Å²) < 4.78 is 6.32. The Kier molecular flexibility index (Phi) is 7.20. The van der Waals surface area contributed by atoms with Gasteiger partial charge in [0.05, 0.1) is 0 Å². The largest absolute Gasteiger partial charge is 0.508 e. The number of phenols is 1. The first-order chi connectivity index (χ1) is 12.4. The van der Waals surface area contributed by atoms with Crippen LogP contribution in [0.5, 0.6) is 5.75 Å². The summed E-state index contributed by atoms with van der Waals surface area (Å²) in [5.74, 6) is 0.251. The van der Waals surface area contributed by atoms with E-state index in [-0.39, 0.29) is 23.8 Å². The molecule has 0 spiro atoms. The number of fused-ring (bicyclic) bond motifs is 3. The van der Waals surface area contributed by atoms with Crippen molar-refractivity contribution in [3.05, 3.63) is 29.3 Å². The Balaban J connectivity index is 0.00000261. The molecular weight excluding hydrogens is 362 g/mol. The lowest BCUT2D eigenvalue weighted by Gasteiger charge is -2.56. The van der Waals surface area contributed by atoms with Gasteiger partial charge in [-0.05, 0) is 88.8 Å². The number of nitrogens with zero attached hydrogens (tertiary/aromatic N) is 1. The number of carbonyl (C=O) groups is 1. The number of phenolic OH excluding ortho intramolecular Hbond substituents is 1. The van der Waals surface area contributed by atoms with E-state index >= 15 is 0 Å². The minimum atomic E-state index is -0.422. The van der Waals surface area contributed by atoms with Crippen LogP contribution < -0.4 is 0 Å². The third kappa shape index (κ3) is 4.12. The Morgan fingerprint density at radius 3 is 2.67 bits per heavy atom. The van der Waals surface area contributed by atoms with E-state index in [1.165, 1.54) is 11.1 Å². The van der Waals surface area contributed by atoms with Gasteiger partial charge in [-0.1, -0.05) is 19.4 Å². The van der Waals surface area contributed by atoms with Gasteiger partial charge in [-0.25, -0.2) is 0 Å². The number of aromatic hydroxyl groups is 1. The second-order valence-corrected chi connectivity index (χ2v) is 8.40. The molecule has 0 amide bonds. The van der Waals surface area contributed by atoms with Gasteiger partial charge in [0.1, 0.15) is 11.4 Å². The van der Waals surface area contributed by atoms with Crippen LogP contribution in [0.25, 0.3) is 0 Å². The fourth-order valence-electron chi connectivity index (χ4n) is 5.19. The van der Waals surface area contributed by atoms with E-state index in [1.54, 1.807) is 6.07 Å². The van der Waals surface area contributed by atoms with E-state index in [0.29, 0.717) is 12.2 Å². The molecule has 1 N–H and O–H groups in total. The molecular formula is C22H34ClNO3. The molecule has 3 rings (SSSR count). The van der Waals surface area contributed by atoms with Gasteiger partial charge in [-0.2, -0.15) is 0 Å². The molecule has 27 heavy (non-hydrogen) atoms. The summed E-state index contributed by atoms with van der Waals surface area (Å²) in [6.45, 7) is 2.97. The Labute approximate surface area is 169 Å². The lowest BCUT2D eigenvalue weighted by Crippen LogP contribution is -2.59. The van der Waals surface area contributed by atoms with Gasteiger partial charge in [0.15, 0.2) is 0 Å². The summed E-state index contributed by atoms with van der Waals surface area (Å²) in [4.78, 5) is 14.7. The van der Waals surface area contributed by atoms with E-state index < -0.39 is 5.60 Å². The average Bonchev–Trinajstić information content (AvgIpc) is 2.60. The van der Waals surface area contributed by atoms with Crippen molar-refractivity contribution >= 4 is 18.4 Å². The summed E-state index contributed by atoms with van der Waals surface area (Å²) in [5.41, 5.74) is 1.92. The molecule has 0 saturated heterocycles. The molecule has 1 aromatic rings. The van der Waals surface area contributed by atoms with Gasteiger partial charge < -0.3 is 14.7 Å². The molecule has 0 radical (unpaired) electrons. The summed E-state index contributed by atoms with van der Waals surface area (Å²) in [6.07, 6.45) is 8.28. The molecule has 1 fully saturated rings. The van der Waals surface area contributed by atoms with Crippen LogP contribution in [0.4, 0.5) is 0 Å². The topological polar surface area (TPSA) is 49.8 Å². The van der Waals surface area contributed by atoms with Crippen LogP contribution in [0.2, 0.25) is 0 Å². The normalized spacial score (nSPS) is 26.7. The lowest BCUT2D eigenvalue weighted by molar-refractivity contribution is -0.179. The van der Waals surface area contributed by atoms with Crippen LogP contribution in [0, 0.1) is 0 Å². The molecule has 0 unspecified atom stereocenters. The SMILES string of the molecule is CCCC(=O)O[C@]12CCCC[C@@]1(CCN(C)C)c1cc(O)ccc1CC2.Cl. The van der Waals surface area contributed by atoms with Crippen molar-refractivity contribution in [3.63, 3.8) is 0 Å². The first-order valence-corrected chi connectivity index (χ1v) is 10.1. The van der Waals surface area contributed by atoms with E-state index in [4.69, 9.17) is 4.74 Å². The number of halogens is 1. The van der Waals surface area contributed by atoms with E-state index in [1.807, 2.05) is 13.0 Å². The zero-order valence-electron chi connectivity index (χ0n) is 16.9. The number of aryl methyl sites for hydroxylation is 1. The van der Waals surface area contributed by atoms with Gasteiger partial charge in [-0.15, -0.1) is 12.4 Å². The van der Waals surface area contributed by atoms with Crippen LogP contribution in [0.3, 0.4) is 0 Å². The van der Waals surface area contributed by atoms with Crippen LogP contribution in [-0.4, -0.2) is 42.2 Å². The molecule has 0 bridgehead atoms. The molecule has 0 aromatic heterocycles. The summed E-state index contributed by atoms with van der Waals surface area (Å²) >= 11 is 0. The van der Waals surface area contributed by atoms with E-state index in [2.05, 4.69) is 25.1 Å². The fourth-order valence-corrected chi connectivity index (χ4v) is 5.19. The third-order valence-corrected chi connectivity index (χ3v) is 6.46. The highest BCUT2D eigenvalue weighted by Gasteiger charge is 2.58. The van der Waals surface area contributed by atoms with Gasteiger partial charge >= 0.3 is 5.97 Å². The van der Waals surface area contributed by atoms with Crippen LogP contribution in [0.15, 0.2) is 18.2 Å². The Morgan fingerprint density at radius 2 is 1.96 bits per heavy atom. The van der Waals surface area contributed by atoms with Gasteiger partial charge in [0.2, 0.25) is 0 Å². The second-order valence-electron chi connectivity index (χ2n) is 8.40. The number of hydrogen-bond acceptors (Lipinski definition) is 4. The number of benzene rings is 1. The maximum atomic E-state index is 12.5. The predicted molar refractivity (Wildman–Crippen MR) is 111 cm³/mol. The molecule has 0 aliphatic heterocycles. The minimum Gasteiger partial charge on any atom is -0.508 e. The van der Waals surface area contributed by atoms with Crippen molar-refractivity contribution in [1.82, 2.24) is 4.90 Å². The number of ether oxygens (including phenoxy) is 1. The molecule has 1 aromatic carbocycles. The lowest BCUT2D eigenvalue weighted by atomic mass is 9.53. The maximum Gasteiger partial charge on any atom is 0.306 e. The van der Waals surface area contributed by atoms with Gasteiger partial charge in [0.25, 0.3) is 0 Å². The monoisotopic (exact) mass is 395 g/mol. The molecule has 2 aliphatic carbocycles. The van der Waals surface area contributed by atoms with Crippen molar-refractivity contribution in [1.29, 1.82) is 0 Å². The van der Waals surface area contributed by atoms with Crippen LogP contribution >= 0.6 is 12.4 Å². The smallest absolute Gasteiger partial charge is 0.306 e. The zero-order valence-corrected chi connectivity index (χ0v) is 17.7. The zero-order chi connectivity index (χ0) is 18.8. The molecule has 5 heteroatoms. The summed E-state index contributed by atoms with van der Waals surface area (Å²) in [6, 6.07) is 5.80. The Hall–Kier alpha value is -1.26. The summed E-state index contributed by atoms with van der Waals surface area (Å²) in [7, 11) is 4.19. The van der Waals surface area contributed by atoms with Crippen molar-refractivity contribution < 1.29 is 14.6 Å². The van der Waals surface area contributed by atoms with Crippen molar-refractivity contribution in [2.45, 2.75) is 75.7 Å². The van der Waals surface area contributed by atoms with E-state index in [0.717, 1.165) is 57.9 Å². The molecule has 0 heterocycles. The highest BCUT2D eigenvalue weighted by atomic mass is 35.5. The first-order valence-electron chi connectivity index (χ1n) is 10.1. The fraction of sp³-hybridized carbons (Fsp3) is 0.682. The number of esters is 1. The molecule has 2 atom stereocenters. The van der Waals surface area contributed by atoms with Crippen molar-refractivity contribution in [3.8, 4) is 5.75 Å². The predicted octanol–water partition coefficient (Wildman–Crippen LogP) is 4.61. The van der Waals surface area contributed by atoms with Crippen molar-refractivity contribution in [2.24, 2.45) is 0 Å². The molecule has 152 valence electrons. The first kappa shape index (κ1) is 22.0. The van der Waals surface area contributed by atoms with Gasteiger partial charge in [-0.3, -0.25) is 4.79 Å². The highest BCUT2D eigenvalue weighted by Crippen LogP contribution is 2.57. The van der Waals surface area contributed by atoms with Gasteiger partial charge in [0, 0.05) is 11.8 Å². The number of carbonyl (C=O) groups excluding carboxylic acids is 1. The standard InChI is InChI=1S/C22H33NO3.ClH/c1-4-7-20(25)26-22-12-6-5-11-21(22,14-15-23(2)3)19-16-18(24)9-8-17(19)10-13-22;/h8-9,16,24H,4-7,10-15H2,1-3H3;1H/t21-,22+;/m1./s1. The number of hydrogen-bond donors (Lipinski definition) is 1. The maximum absolute atomic E-state index is 12.5. The van der Waals surface area contributed by atoms with E-state index in [9.17, 15) is 9.90 Å². The summed E-state index contributed by atoms with van der Waals surface area (Å²) in [5, 5.41) is 10.2. The third-order valence-electron chi connectivity index (χ3n) is 6.46. The Morgan fingerprint density at radius 1 is 1.22 bits per heavy atom. The molecule has 4 nitrogen and oxygen atoms in total. The highest BCUT2D eigenvalue weighted by molar-refractivity contribution is 5.85. The average molecular weight is 396 g/mol. The number of rotatable bonds is 6. The molecule has 2 aliphatic rings. The van der Waals surface area contributed by atoms with Crippen LogP contribution in [0.1, 0.15) is 69.4 Å². The molecule has 1 saturated carbocycles.